The highest BCUT2D eigenvalue weighted by Gasteiger charge is 2.33. The van der Waals surface area contributed by atoms with Crippen molar-refractivity contribution < 1.29 is 18.1 Å². The molecule has 0 aliphatic carbocycles. The Morgan fingerprint density at radius 1 is 1.04 bits per heavy atom. The van der Waals surface area contributed by atoms with Crippen LogP contribution >= 0.6 is 0 Å². The molecule has 0 unspecified atom stereocenters. The summed E-state index contributed by atoms with van der Waals surface area (Å²) in [6, 6.07) is 14.8. The van der Waals surface area contributed by atoms with Gasteiger partial charge >= 0.3 is 6.18 Å². The summed E-state index contributed by atoms with van der Waals surface area (Å²) in [7, 11) is 0. The molecule has 142 valence electrons. The third kappa shape index (κ3) is 4.67. The van der Waals surface area contributed by atoms with E-state index in [0.29, 0.717) is 11.1 Å². The van der Waals surface area contributed by atoms with E-state index in [4.69, 9.17) is 0 Å². The molecule has 3 aromatic rings. The summed E-state index contributed by atoms with van der Waals surface area (Å²) in [6.07, 6.45) is -3.44. The lowest BCUT2D eigenvalue weighted by molar-refractivity contribution is -0.384. The Morgan fingerprint density at radius 3 is 2.46 bits per heavy atom. The van der Waals surface area contributed by atoms with Gasteiger partial charge < -0.3 is 0 Å². The average Bonchev–Trinajstić information content (AvgIpc) is 2.68. The molecule has 0 bridgehead atoms. The van der Waals surface area contributed by atoms with Crippen LogP contribution in [0.2, 0.25) is 0 Å². The zero-order valence-corrected chi connectivity index (χ0v) is 14.1. The number of hydrogen-bond donors (Lipinski definition) is 1. The molecule has 0 saturated carbocycles. The number of hydrogen-bond acceptors (Lipinski definition) is 6. The maximum Gasteiger partial charge on any atom is 0.433 e. The number of halogens is 3. The SMILES string of the molecule is O=[N+]([O-])c1cccc(C=NNc2nc(-c3ccccc3)cc(C(F)(F)F)n2)c1. The van der Waals surface area contributed by atoms with Crippen LogP contribution in [0.1, 0.15) is 11.3 Å². The third-order valence-electron chi connectivity index (χ3n) is 3.55. The predicted octanol–water partition coefficient (Wildman–Crippen LogP) is 4.52. The lowest BCUT2D eigenvalue weighted by atomic mass is 10.1. The minimum Gasteiger partial charge on any atom is -0.258 e. The topological polar surface area (TPSA) is 93.3 Å². The van der Waals surface area contributed by atoms with E-state index >= 15 is 0 Å². The first-order chi connectivity index (χ1) is 13.3. The number of aromatic nitrogens is 2. The van der Waals surface area contributed by atoms with E-state index in [0.717, 1.165) is 6.07 Å². The summed E-state index contributed by atoms with van der Waals surface area (Å²) in [5.74, 6) is -0.352. The molecule has 10 heteroatoms. The molecule has 1 N–H and O–H groups in total. The number of rotatable bonds is 5. The maximum atomic E-state index is 13.2. The normalized spacial score (nSPS) is 11.5. The van der Waals surface area contributed by atoms with E-state index in [1.54, 1.807) is 36.4 Å². The molecule has 1 heterocycles. The van der Waals surface area contributed by atoms with Gasteiger partial charge in [-0.15, -0.1) is 0 Å². The van der Waals surface area contributed by atoms with Crippen molar-refractivity contribution in [2.24, 2.45) is 5.10 Å². The summed E-state index contributed by atoms with van der Waals surface area (Å²) in [6.45, 7) is 0. The molecule has 0 atom stereocenters. The number of nitro groups is 1. The first kappa shape index (κ1) is 19.0. The van der Waals surface area contributed by atoms with Crippen LogP contribution in [0.25, 0.3) is 11.3 Å². The number of benzene rings is 2. The van der Waals surface area contributed by atoms with Crippen molar-refractivity contribution in [1.29, 1.82) is 0 Å². The van der Waals surface area contributed by atoms with Crippen molar-refractivity contribution in [2.75, 3.05) is 5.43 Å². The van der Waals surface area contributed by atoms with Crippen molar-refractivity contribution in [1.82, 2.24) is 9.97 Å². The van der Waals surface area contributed by atoms with Gasteiger partial charge in [-0.2, -0.15) is 18.3 Å². The number of anilines is 1. The fourth-order valence-corrected chi connectivity index (χ4v) is 2.28. The monoisotopic (exact) mass is 387 g/mol. The average molecular weight is 387 g/mol. The van der Waals surface area contributed by atoms with Gasteiger partial charge in [0, 0.05) is 23.3 Å². The van der Waals surface area contributed by atoms with Gasteiger partial charge in [-0.3, -0.25) is 10.1 Å². The Morgan fingerprint density at radius 2 is 1.79 bits per heavy atom. The molecule has 3 rings (SSSR count). The number of hydrazone groups is 1. The highest BCUT2D eigenvalue weighted by Crippen LogP contribution is 2.31. The van der Waals surface area contributed by atoms with Crippen LogP contribution in [-0.2, 0) is 6.18 Å². The van der Waals surface area contributed by atoms with Gasteiger partial charge in [-0.05, 0) is 6.07 Å². The Hall–Kier alpha value is -3.82. The summed E-state index contributed by atoms with van der Waals surface area (Å²) in [4.78, 5) is 17.7. The minimum absolute atomic E-state index is 0.0796. The zero-order chi connectivity index (χ0) is 20.1. The van der Waals surface area contributed by atoms with Crippen LogP contribution in [0.3, 0.4) is 0 Å². The van der Waals surface area contributed by atoms with Gasteiger partial charge in [0.1, 0.15) is 0 Å². The van der Waals surface area contributed by atoms with Gasteiger partial charge in [0.2, 0.25) is 5.95 Å². The van der Waals surface area contributed by atoms with Gasteiger partial charge in [-0.1, -0.05) is 42.5 Å². The van der Waals surface area contributed by atoms with Gasteiger partial charge in [-0.25, -0.2) is 15.4 Å². The van der Waals surface area contributed by atoms with E-state index < -0.39 is 16.8 Å². The highest BCUT2D eigenvalue weighted by molar-refractivity contribution is 5.81. The molecule has 2 aromatic carbocycles. The second kappa shape index (κ2) is 7.82. The van der Waals surface area contributed by atoms with Crippen molar-refractivity contribution in [3.05, 3.63) is 82.0 Å². The van der Waals surface area contributed by atoms with Crippen molar-refractivity contribution in [3.63, 3.8) is 0 Å². The second-order valence-corrected chi connectivity index (χ2v) is 5.55. The standard InChI is InChI=1S/C18H12F3N5O2/c19-18(20,21)16-10-15(13-6-2-1-3-7-13)23-17(24-16)25-22-11-12-5-4-8-14(9-12)26(27)28/h1-11H,(H,23,24,25). The molecule has 7 nitrogen and oxygen atoms in total. The molecule has 0 amide bonds. The van der Waals surface area contributed by atoms with Crippen LogP contribution in [0, 0.1) is 10.1 Å². The molecule has 0 radical (unpaired) electrons. The molecule has 0 spiro atoms. The van der Waals surface area contributed by atoms with Gasteiger partial charge in [0.25, 0.3) is 5.69 Å². The number of nitrogens with zero attached hydrogens (tertiary/aromatic N) is 4. The van der Waals surface area contributed by atoms with E-state index in [-0.39, 0.29) is 17.3 Å². The van der Waals surface area contributed by atoms with E-state index in [1.807, 2.05) is 0 Å². The molecule has 0 aliphatic rings. The minimum atomic E-state index is -4.66. The van der Waals surface area contributed by atoms with E-state index in [2.05, 4.69) is 20.5 Å². The molecule has 0 fully saturated rings. The Kier molecular flexibility index (Phi) is 5.30. The van der Waals surface area contributed by atoms with Crippen LogP contribution < -0.4 is 5.43 Å². The quantitative estimate of drug-likeness (QED) is 0.395. The summed E-state index contributed by atoms with van der Waals surface area (Å²) < 4.78 is 39.5. The number of alkyl halides is 3. The second-order valence-electron chi connectivity index (χ2n) is 5.55. The fraction of sp³-hybridized carbons (Fsp3) is 0.0556. The lowest BCUT2D eigenvalue weighted by Crippen LogP contribution is -2.11. The van der Waals surface area contributed by atoms with Crippen LogP contribution in [-0.4, -0.2) is 21.1 Å². The van der Waals surface area contributed by atoms with Crippen molar-refractivity contribution in [3.8, 4) is 11.3 Å². The molecule has 0 saturated heterocycles. The van der Waals surface area contributed by atoms with Crippen LogP contribution in [0.5, 0.6) is 0 Å². The first-order valence-corrected chi connectivity index (χ1v) is 7.88. The first-order valence-electron chi connectivity index (χ1n) is 7.88. The van der Waals surface area contributed by atoms with Crippen molar-refractivity contribution in [2.45, 2.75) is 6.18 Å². The van der Waals surface area contributed by atoms with E-state index in [9.17, 15) is 23.3 Å². The van der Waals surface area contributed by atoms with Gasteiger partial charge in [0.05, 0.1) is 16.8 Å². The molecule has 0 aliphatic heterocycles. The summed E-state index contributed by atoms with van der Waals surface area (Å²) in [5.41, 5.74) is 2.04. The molecular weight excluding hydrogens is 375 g/mol. The Bertz CT molecular complexity index is 1020. The molecule has 28 heavy (non-hydrogen) atoms. The fourth-order valence-electron chi connectivity index (χ4n) is 2.28. The van der Waals surface area contributed by atoms with Gasteiger partial charge in [0.15, 0.2) is 5.69 Å². The van der Waals surface area contributed by atoms with Crippen molar-refractivity contribution >= 4 is 17.9 Å². The highest BCUT2D eigenvalue weighted by atomic mass is 19.4. The summed E-state index contributed by atoms with van der Waals surface area (Å²) >= 11 is 0. The Labute approximate surface area is 156 Å². The Balaban J connectivity index is 1.89. The summed E-state index contributed by atoms with van der Waals surface area (Å²) in [5, 5.41) is 14.6. The maximum absolute atomic E-state index is 13.2. The van der Waals surface area contributed by atoms with Crippen LogP contribution in [0.4, 0.5) is 24.8 Å². The number of nitro benzene ring substituents is 1. The van der Waals surface area contributed by atoms with Crippen LogP contribution in [0.15, 0.2) is 65.8 Å². The third-order valence-corrected chi connectivity index (χ3v) is 3.55. The number of non-ortho nitro benzene ring substituents is 1. The molecule has 1 aromatic heterocycles. The predicted molar refractivity (Wildman–Crippen MR) is 96.8 cm³/mol. The molecular formula is C18H12F3N5O2. The lowest BCUT2D eigenvalue weighted by Gasteiger charge is -2.10. The van der Waals surface area contributed by atoms with E-state index in [1.165, 1.54) is 24.4 Å². The zero-order valence-electron chi connectivity index (χ0n) is 14.1. The largest absolute Gasteiger partial charge is 0.433 e. The smallest absolute Gasteiger partial charge is 0.258 e. The number of nitrogens with one attached hydrogen (secondary N) is 1.